The summed E-state index contributed by atoms with van der Waals surface area (Å²) < 4.78 is 0. The molecule has 1 aromatic carbocycles. The van der Waals surface area contributed by atoms with Gasteiger partial charge in [-0.25, -0.2) is 0 Å². The second kappa shape index (κ2) is 4.38. The van der Waals surface area contributed by atoms with Crippen LogP contribution in [0.5, 0.6) is 0 Å². The molecule has 2 N–H and O–H groups in total. The van der Waals surface area contributed by atoms with Gasteiger partial charge in [0, 0.05) is 18.3 Å². The first kappa shape index (κ1) is 11.9. The van der Waals surface area contributed by atoms with Crippen molar-refractivity contribution >= 4 is 5.69 Å². The van der Waals surface area contributed by atoms with Gasteiger partial charge in [0.05, 0.1) is 6.07 Å². The van der Waals surface area contributed by atoms with Crippen molar-refractivity contribution in [1.82, 2.24) is 0 Å². The summed E-state index contributed by atoms with van der Waals surface area (Å²) in [6.07, 6.45) is 1.78. The Morgan fingerprint density at radius 3 is 2.94 bits per heavy atom. The van der Waals surface area contributed by atoms with Crippen molar-refractivity contribution in [3.05, 3.63) is 29.8 Å². The lowest BCUT2D eigenvalue weighted by atomic mass is 10.0. The van der Waals surface area contributed by atoms with Crippen LogP contribution in [0.4, 0.5) is 5.69 Å². The van der Waals surface area contributed by atoms with E-state index in [0.29, 0.717) is 12.5 Å². The summed E-state index contributed by atoms with van der Waals surface area (Å²) >= 11 is 0. The SMILES string of the molecule is CC1Cc2ccccc2N1CCC(C)(N)C#N. The van der Waals surface area contributed by atoms with Gasteiger partial charge in [-0.3, -0.25) is 0 Å². The molecule has 17 heavy (non-hydrogen) atoms. The zero-order valence-electron chi connectivity index (χ0n) is 10.5. The van der Waals surface area contributed by atoms with Crippen molar-refractivity contribution < 1.29 is 0 Å². The topological polar surface area (TPSA) is 53.0 Å². The summed E-state index contributed by atoms with van der Waals surface area (Å²) in [4.78, 5) is 2.36. The zero-order chi connectivity index (χ0) is 12.5. The van der Waals surface area contributed by atoms with Crippen LogP contribution in [0.2, 0.25) is 0 Å². The highest BCUT2D eigenvalue weighted by atomic mass is 15.2. The molecule has 1 aromatic rings. The molecule has 2 rings (SSSR count). The molecule has 0 spiro atoms. The van der Waals surface area contributed by atoms with Crippen LogP contribution in [0.25, 0.3) is 0 Å². The number of nitrogens with two attached hydrogens (primary N) is 1. The monoisotopic (exact) mass is 229 g/mol. The third-order valence-electron chi connectivity index (χ3n) is 3.48. The van der Waals surface area contributed by atoms with Crippen molar-refractivity contribution in [3.8, 4) is 6.07 Å². The molecule has 2 unspecified atom stereocenters. The number of para-hydroxylation sites is 1. The largest absolute Gasteiger partial charge is 0.368 e. The third kappa shape index (κ3) is 2.42. The Balaban J connectivity index is 2.10. The van der Waals surface area contributed by atoms with E-state index in [0.717, 1.165) is 13.0 Å². The van der Waals surface area contributed by atoms with Gasteiger partial charge in [-0.2, -0.15) is 5.26 Å². The van der Waals surface area contributed by atoms with Crippen LogP contribution in [0.1, 0.15) is 25.8 Å². The van der Waals surface area contributed by atoms with E-state index in [-0.39, 0.29) is 0 Å². The first-order valence-corrected chi connectivity index (χ1v) is 6.08. The minimum Gasteiger partial charge on any atom is -0.368 e. The molecule has 0 radical (unpaired) electrons. The number of nitrogens with zero attached hydrogens (tertiary/aromatic N) is 2. The first-order chi connectivity index (χ1) is 8.03. The fourth-order valence-corrected chi connectivity index (χ4v) is 2.38. The normalized spacial score (nSPS) is 21.8. The number of anilines is 1. The molecule has 0 saturated carbocycles. The predicted molar refractivity (Wildman–Crippen MR) is 69.8 cm³/mol. The molecule has 1 heterocycles. The van der Waals surface area contributed by atoms with Gasteiger partial charge in [0.25, 0.3) is 0 Å². The highest BCUT2D eigenvalue weighted by Gasteiger charge is 2.27. The summed E-state index contributed by atoms with van der Waals surface area (Å²) in [5, 5.41) is 8.94. The second-order valence-electron chi connectivity index (χ2n) is 5.15. The number of hydrogen-bond donors (Lipinski definition) is 1. The van der Waals surface area contributed by atoms with Crippen molar-refractivity contribution in [3.63, 3.8) is 0 Å². The molecule has 0 bridgehead atoms. The molecular formula is C14H19N3. The molecule has 90 valence electrons. The Hall–Kier alpha value is -1.53. The Labute approximate surface area is 103 Å². The number of rotatable bonds is 3. The summed E-state index contributed by atoms with van der Waals surface area (Å²) in [7, 11) is 0. The van der Waals surface area contributed by atoms with E-state index < -0.39 is 5.54 Å². The zero-order valence-corrected chi connectivity index (χ0v) is 10.5. The van der Waals surface area contributed by atoms with E-state index >= 15 is 0 Å². The molecule has 0 fully saturated rings. The average Bonchev–Trinajstić information content (AvgIpc) is 2.62. The minimum absolute atomic E-state index is 0.502. The van der Waals surface area contributed by atoms with Gasteiger partial charge in [0.2, 0.25) is 0 Å². The Kier molecular flexibility index (Phi) is 3.08. The fourth-order valence-electron chi connectivity index (χ4n) is 2.38. The lowest BCUT2D eigenvalue weighted by molar-refractivity contribution is 0.524. The van der Waals surface area contributed by atoms with E-state index in [1.165, 1.54) is 11.3 Å². The van der Waals surface area contributed by atoms with E-state index in [1.807, 2.05) is 0 Å². The number of benzene rings is 1. The Bertz CT molecular complexity index is 445. The average molecular weight is 229 g/mol. The first-order valence-electron chi connectivity index (χ1n) is 6.08. The minimum atomic E-state index is -0.725. The maximum Gasteiger partial charge on any atom is 0.103 e. The lowest BCUT2D eigenvalue weighted by Crippen LogP contribution is -2.40. The number of hydrogen-bond acceptors (Lipinski definition) is 3. The summed E-state index contributed by atoms with van der Waals surface area (Å²) in [5.41, 5.74) is 7.85. The molecule has 2 atom stereocenters. The molecule has 1 aliphatic heterocycles. The van der Waals surface area contributed by atoms with Crippen LogP contribution in [0.3, 0.4) is 0 Å². The van der Waals surface area contributed by atoms with Crippen molar-refractivity contribution in [2.24, 2.45) is 5.73 Å². The second-order valence-corrected chi connectivity index (χ2v) is 5.15. The van der Waals surface area contributed by atoms with Crippen molar-refractivity contribution in [2.75, 3.05) is 11.4 Å². The molecule has 0 amide bonds. The van der Waals surface area contributed by atoms with Crippen LogP contribution in [0, 0.1) is 11.3 Å². The molecule has 0 aromatic heterocycles. The Morgan fingerprint density at radius 1 is 1.53 bits per heavy atom. The van der Waals surface area contributed by atoms with Crippen LogP contribution >= 0.6 is 0 Å². The van der Waals surface area contributed by atoms with Crippen LogP contribution in [-0.4, -0.2) is 18.1 Å². The fraction of sp³-hybridized carbons (Fsp3) is 0.500. The number of nitriles is 1. The molecule has 3 heteroatoms. The summed E-state index contributed by atoms with van der Waals surface area (Å²) in [6.45, 7) is 4.86. The van der Waals surface area contributed by atoms with Gasteiger partial charge in [-0.15, -0.1) is 0 Å². The van der Waals surface area contributed by atoms with Crippen LogP contribution < -0.4 is 10.6 Å². The molecular weight excluding hydrogens is 210 g/mol. The van der Waals surface area contributed by atoms with Crippen LogP contribution in [0.15, 0.2) is 24.3 Å². The van der Waals surface area contributed by atoms with E-state index in [1.54, 1.807) is 6.92 Å². The predicted octanol–water partition coefficient (Wildman–Crippen LogP) is 2.07. The van der Waals surface area contributed by atoms with Gasteiger partial charge >= 0.3 is 0 Å². The van der Waals surface area contributed by atoms with E-state index in [2.05, 4.69) is 42.2 Å². The van der Waals surface area contributed by atoms with Crippen LogP contribution in [-0.2, 0) is 6.42 Å². The van der Waals surface area contributed by atoms with E-state index in [9.17, 15) is 0 Å². The molecule has 0 saturated heterocycles. The van der Waals surface area contributed by atoms with Gasteiger partial charge < -0.3 is 10.6 Å². The van der Waals surface area contributed by atoms with Gasteiger partial charge in [0.15, 0.2) is 0 Å². The quantitative estimate of drug-likeness (QED) is 0.863. The van der Waals surface area contributed by atoms with Gasteiger partial charge in [0.1, 0.15) is 5.54 Å². The molecule has 3 nitrogen and oxygen atoms in total. The third-order valence-corrected chi connectivity index (χ3v) is 3.48. The van der Waals surface area contributed by atoms with E-state index in [4.69, 9.17) is 11.0 Å². The van der Waals surface area contributed by atoms with Crippen molar-refractivity contribution in [2.45, 2.75) is 38.3 Å². The molecule has 1 aliphatic rings. The molecule has 0 aliphatic carbocycles. The smallest absolute Gasteiger partial charge is 0.103 e. The standard InChI is InChI=1S/C14H19N3/c1-11-9-12-5-3-4-6-13(12)17(11)8-7-14(2,16)10-15/h3-6,11H,7-9,16H2,1-2H3. The summed E-state index contributed by atoms with van der Waals surface area (Å²) in [5.74, 6) is 0. The Morgan fingerprint density at radius 2 is 2.24 bits per heavy atom. The van der Waals surface area contributed by atoms with Crippen molar-refractivity contribution in [1.29, 1.82) is 5.26 Å². The number of fused-ring (bicyclic) bond motifs is 1. The highest BCUT2D eigenvalue weighted by Crippen LogP contribution is 2.32. The summed E-state index contributed by atoms with van der Waals surface area (Å²) in [6, 6.07) is 11.1. The van der Waals surface area contributed by atoms with Gasteiger partial charge in [-0.05, 0) is 38.3 Å². The lowest BCUT2D eigenvalue weighted by Gasteiger charge is -2.27. The maximum atomic E-state index is 8.94. The highest BCUT2D eigenvalue weighted by molar-refractivity contribution is 5.59. The maximum absolute atomic E-state index is 8.94. The van der Waals surface area contributed by atoms with Gasteiger partial charge in [-0.1, -0.05) is 18.2 Å².